The molecule has 0 saturated carbocycles. The molecule has 2 aromatic heterocycles. The number of ketones is 1. The molecule has 7 heteroatoms. The van der Waals surface area contributed by atoms with Crippen molar-refractivity contribution < 1.29 is 13.6 Å². The Morgan fingerprint density at radius 2 is 1.27 bits per heavy atom. The highest BCUT2D eigenvalue weighted by atomic mass is 35.5. The van der Waals surface area contributed by atoms with Gasteiger partial charge in [-0.2, -0.15) is 0 Å². The summed E-state index contributed by atoms with van der Waals surface area (Å²) in [7, 11) is 0. The monoisotopic (exact) mass is 388 g/mol. The van der Waals surface area contributed by atoms with Gasteiger partial charge in [0.25, 0.3) is 0 Å². The average Bonchev–Trinajstić information content (AvgIpc) is 3.23. The van der Waals surface area contributed by atoms with E-state index >= 15 is 0 Å². The van der Waals surface area contributed by atoms with E-state index in [1.54, 1.807) is 36.4 Å². The van der Waals surface area contributed by atoms with Gasteiger partial charge in [-0.05, 0) is 24.3 Å². The molecular weight excluding hydrogens is 375 g/mol. The van der Waals surface area contributed by atoms with E-state index in [9.17, 15) is 4.79 Å². The SMILES string of the molecule is O=C(CCc1nc2c(Cl)cccc2o1)CCc1nc2c(Cl)cccc2o1. The minimum Gasteiger partial charge on any atom is -0.441 e. The predicted molar refractivity (Wildman–Crippen MR) is 99.7 cm³/mol. The van der Waals surface area contributed by atoms with Gasteiger partial charge in [-0.15, -0.1) is 0 Å². The fourth-order valence-electron chi connectivity index (χ4n) is 2.75. The van der Waals surface area contributed by atoms with Crippen LogP contribution in [-0.4, -0.2) is 15.8 Å². The van der Waals surface area contributed by atoms with E-state index < -0.39 is 0 Å². The van der Waals surface area contributed by atoms with Crippen molar-refractivity contribution in [3.05, 3.63) is 58.2 Å². The maximum atomic E-state index is 12.2. The van der Waals surface area contributed by atoms with E-state index in [4.69, 9.17) is 32.0 Å². The number of aromatic nitrogens is 2. The summed E-state index contributed by atoms with van der Waals surface area (Å²) in [6, 6.07) is 10.7. The molecule has 4 aromatic rings. The second-order valence-electron chi connectivity index (χ2n) is 5.93. The van der Waals surface area contributed by atoms with Gasteiger partial charge in [-0.25, -0.2) is 9.97 Å². The second kappa shape index (κ2) is 7.09. The van der Waals surface area contributed by atoms with Crippen molar-refractivity contribution in [2.24, 2.45) is 0 Å². The number of benzene rings is 2. The molecule has 4 rings (SSSR count). The summed E-state index contributed by atoms with van der Waals surface area (Å²) in [5.74, 6) is 1.11. The first-order valence-corrected chi connectivity index (χ1v) is 8.95. The highest BCUT2D eigenvalue weighted by Gasteiger charge is 2.13. The van der Waals surface area contributed by atoms with Crippen molar-refractivity contribution in [2.75, 3.05) is 0 Å². The van der Waals surface area contributed by atoms with Crippen LogP contribution in [0.4, 0.5) is 0 Å². The number of oxazole rings is 2. The Kier molecular flexibility index (Phi) is 4.66. The number of fused-ring (bicyclic) bond motifs is 2. The summed E-state index contributed by atoms with van der Waals surface area (Å²) in [6.07, 6.45) is 1.54. The van der Waals surface area contributed by atoms with Crippen LogP contribution in [0, 0.1) is 0 Å². The Balaban J connectivity index is 1.35. The quantitative estimate of drug-likeness (QED) is 0.441. The third-order valence-electron chi connectivity index (χ3n) is 4.06. The molecule has 5 nitrogen and oxygen atoms in total. The van der Waals surface area contributed by atoms with Gasteiger partial charge in [-0.1, -0.05) is 35.3 Å². The predicted octanol–water partition coefficient (Wildman–Crippen LogP) is 5.41. The number of rotatable bonds is 6. The second-order valence-corrected chi connectivity index (χ2v) is 6.74. The number of hydrogen-bond donors (Lipinski definition) is 0. The first-order chi connectivity index (χ1) is 12.6. The van der Waals surface area contributed by atoms with Crippen LogP contribution < -0.4 is 0 Å². The van der Waals surface area contributed by atoms with Gasteiger partial charge < -0.3 is 8.83 Å². The lowest BCUT2D eigenvalue weighted by atomic mass is 10.1. The zero-order chi connectivity index (χ0) is 18.1. The highest BCUT2D eigenvalue weighted by Crippen LogP contribution is 2.25. The number of carbonyl (C=O) groups excluding carboxylic acids is 1. The van der Waals surface area contributed by atoms with Gasteiger partial charge in [0.2, 0.25) is 0 Å². The lowest BCUT2D eigenvalue weighted by molar-refractivity contribution is -0.119. The molecule has 0 bridgehead atoms. The van der Waals surface area contributed by atoms with Crippen LogP contribution in [-0.2, 0) is 17.6 Å². The van der Waals surface area contributed by atoms with Gasteiger partial charge in [0, 0.05) is 25.7 Å². The molecular formula is C19H14Cl2N2O3. The molecule has 2 aromatic carbocycles. The number of Topliss-reactive ketones (excluding diaryl/α,β-unsaturated/α-hetero) is 1. The van der Waals surface area contributed by atoms with E-state index in [0.29, 0.717) is 69.7 Å². The van der Waals surface area contributed by atoms with E-state index in [0.717, 1.165) is 0 Å². The Hall–Kier alpha value is -2.37. The van der Waals surface area contributed by atoms with Crippen molar-refractivity contribution in [2.45, 2.75) is 25.7 Å². The smallest absolute Gasteiger partial charge is 0.195 e. The number of nitrogens with zero attached hydrogens (tertiary/aromatic N) is 2. The molecule has 0 amide bonds. The number of carbonyl (C=O) groups is 1. The molecule has 0 aliphatic heterocycles. The highest BCUT2D eigenvalue weighted by molar-refractivity contribution is 6.35. The zero-order valence-electron chi connectivity index (χ0n) is 13.7. The first-order valence-electron chi connectivity index (χ1n) is 8.20. The van der Waals surface area contributed by atoms with Gasteiger partial charge in [0.1, 0.15) is 16.8 Å². The molecule has 0 fully saturated rings. The van der Waals surface area contributed by atoms with Crippen LogP contribution in [0.5, 0.6) is 0 Å². The molecule has 26 heavy (non-hydrogen) atoms. The molecule has 0 N–H and O–H groups in total. The van der Waals surface area contributed by atoms with Gasteiger partial charge in [0.05, 0.1) is 10.0 Å². The van der Waals surface area contributed by atoms with Gasteiger partial charge in [-0.3, -0.25) is 4.79 Å². The number of halogens is 2. The largest absolute Gasteiger partial charge is 0.441 e. The van der Waals surface area contributed by atoms with Crippen LogP contribution in [0.1, 0.15) is 24.6 Å². The molecule has 0 spiro atoms. The van der Waals surface area contributed by atoms with Crippen LogP contribution >= 0.6 is 23.2 Å². The van der Waals surface area contributed by atoms with Crippen molar-refractivity contribution in [3.63, 3.8) is 0 Å². The summed E-state index contributed by atoms with van der Waals surface area (Å²) in [5.41, 5.74) is 2.51. The summed E-state index contributed by atoms with van der Waals surface area (Å²) >= 11 is 12.2. The molecule has 0 aliphatic rings. The third-order valence-corrected chi connectivity index (χ3v) is 4.67. The normalized spacial score (nSPS) is 11.5. The van der Waals surface area contributed by atoms with Crippen LogP contribution in [0.3, 0.4) is 0 Å². The summed E-state index contributed by atoms with van der Waals surface area (Å²) < 4.78 is 11.2. The van der Waals surface area contributed by atoms with Gasteiger partial charge >= 0.3 is 0 Å². The van der Waals surface area contributed by atoms with Crippen molar-refractivity contribution in [3.8, 4) is 0 Å². The van der Waals surface area contributed by atoms with Crippen LogP contribution in [0.15, 0.2) is 45.2 Å². The Bertz CT molecular complexity index is 1010. The fraction of sp³-hybridized carbons (Fsp3) is 0.211. The van der Waals surface area contributed by atoms with Crippen LogP contribution in [0.2, 0.25) is 10.0 Å². The average molecular weight is 389 g/mol. The molecule has 0 radical (unpaired) electrons. The Morgan fingerprint density at radius 3 is 1.69 bits per heavy atom. The van der Waals surface area contributed by atoms with Crippen molar-refractivity contribution >= 4 is 51.2 Å². The van der Waals surface area contributed by atoms with Gasteiger partial charge in [0.15, 0.2) is 22.9 Å². The summed E-state index contributed by atoms with van der Waals surface area (Å²) in [5, 5.41) is 1.08. The lowest BCUT2D eigenvalue weighted by Crippen LogP contribution is -2.02. The molecule has 132 valence electrons. The van der Waals surface area contributed by atoms with E-state index in [1.807, 2.05) is 0 Å². The summed E-state index contributed by atoms with van der Waals surface area (Å²) in [4.78, 5) is 20.9. The third kappa shape index (κ3) is 3.45. The standard InChI is InChI=1S/C19H14Cl2N2O3/c20-12-3-1-5-14-18(12)22-16(25-14)9-7-11(24)8-10-17-23-19-13(21)4-2-6-15(19)26-17/h1-6H,7-10H2. The summed E-state index contributed by atoms with van der Waals surface area (Å²) in [6.45, 7) is 0. The maximum absolute atomic E-state index is 12.2. The first kappa shape index (κ1) is 17.1. The molecule has 2 heterocycles. The lowest BCUT2D eigenvalue weighted by Gasteiger charge is -1.96. The molecule has 0 atom stereocenters. The molecule has 0 unspecified atom stereocenters. The van der Waals surface area contributed by atoms with Crippen molar-refractivity contribution in [1.29, 1.82) is 0 Å². The minimum atomic E-state index is 0.0895. The number of hydrogen-bond acceptors (Lipinski definition) is 5. The van der Waals surface area contributed by atoms with E-state index in [-0.39, 0.29) is 5.78 Å². The Morgan fingerprint density at radius 1 is 0.808 bits per heavy atom. The van der Waals surface area contributed by atoms with E-state index in [2.05, 4.69) is 9.97 Å². The zero-order valence-corrected chi connectivity index (χ0v) is 15.2. The fourth-order valence-corrected chi connectivity index (χ4v) is 3.17. The topological polar surface area (TPSA) is 69.1 Å². The number of para-hydroxylation sites is 2. The Labute approximate surface area is 158 Å². The maximum Gasteiger partial charge on any atom is 0.195 e. The van der Waals surface area contributed by atoms with Crippen molar-refractivity contribution in [1.82, 2.24) is 9.97 Å². The number of aryl methyl sites for hydroxylation is 2. The minimum absolute atomic E-state index is 0.0895. The molecule has 0 saturated heterocycles. The molecule has 0 aliphatic carbocycles. The van der Waals surface area contributed by atoms with Crippen LogP contribution in [0.25, 0.3) is 22.2 Å². The van der Waals surface area contributed by atoms with E-state index in [1.165, 1.54) is 0 Å².